The maximum absolute atomic E-state index is 14.5. The molecule has 4 atom stereocenters. The first kappa shape index (κ1) is 15.4. The minimum Gasteiger partial charge on any atom is -0.317 e. The van der Waals surface area contributed by atoms with Crippen molar-refractivity contribution in [3.05, 3.63) is 0 Å². The van der Waals surface area contributed by atoms with E-state index in [2.05, 4.69) is 10.0 Å². The highest BCUT2D eigenvalue weighted by Crippen LogP contribution is 2.49. The lowest BCUT2D eigenvalue weighted by Crippen LogP contribution is -2.53. The average Bonchev–Trinajstić information content (AvgIpc) is 2.54. The fourth-order valence-electron chi connectivity index (χ4n) is 3.47. The molecular formula is C14H27FN2OS. The van der Waals surface area contributed by atoms with Gasteiger partial charge in [0, 0.05) is 0 Å². The molecule has 1 spiro atoms. The van der Waals surface area contributed by atoms with E-state index in [0.29, 0.717) is 0 Å². The van der Waals surface area contributed by atoms with Crippen molar-refractivity contribution in [2.24, 2.45) is 11.3 Å². The average molecular weight is 290 g/mol. The monoisotopic (exact) mass is 290 g/mol. The van der Waals surface area contributed by atoms with E-state index in [9.17, 15) is 8.60 Å². The molecule has 1 saturated heterocycles. The third-order valence-corrected chi connectivity index (χ3v) is 6.22. The molecule has 0 unspecified atom stereocenters. The summed E-state index contributed by atoms with van der Waals surface area (Å²) in [6.45, 7) is 9.65. The number of alkyl halides is 1. The first-order chi connectivity index (χ1) is 8.76. The topological polar surface area (TPSA) is 41.1 Å². The van der Waals surface area contributed by atoms with Crippen molar-refractivity contribution in [1.82, 2.24) is 10.0 Å². The van der Waals surface area contributed by atoms with Gasteiger partial charge in [0.25, 0.3) is 0 Å². The molecule has 3 nitrogen and oxygen atoms in total. The summed E-state index contributed by atoms with van der Waals surface area (Å²) < 4.78 is 29.6. The van der Waals surface area contributed by atoms with Gasteiger partial charge < -0.3 is 5.32 Å². The van der Waals surface area contributed by atoms with E-state index < -0.39 is 17.2 Å². The summed E-state index contributed by atoms with van der Waals surface area (Å²) >= 11 is 0. The molecule has 0 aromatic heterocycles. The van der Waals surface area contributed by atoms with E-state index >= 15 is 0 Å². The molecule has 0 aromatic rings. The van der Waals surface area contributed by atoms with Crippen LogP contribution in [0.2, 0.25) is 0 Å². The highest BCUT2D eigenvalue weighted by molar-refractivity contribution is 7.84. The fourth-order valence-corrected chi connectivity index (χ4v) is 4.43. The van der Waals surface area contributed by atoms with Crippen molar-refractivity contribution in [2.75, 3.05) is 13.1 Å². The Kier molecular flexibility index (Phi) is 4.38. The van der Waals surface area contributed by atoms with Crippen molar-refractivity contribution < 1.29 is 8.60 Å². The van der Waals surface area contributed by atoms with Gasteiger partial charge in [0.1, 0.15) is 6.17 Å². The SMILES string of the molecule is C[C@@H]1CC2(CCNCC2)[C@@H](N[S@](=O)C(C)(C)C)[C@H]1F. The minimum absolute atomic E-state index is 0.00894. The molecule has 0 aromatic carbocycles. The van der Waals surface area contributed by atoms with Gasteiger partial charge in [0.2, 0.25) is 0 Å². The van der Waals surface area contributed by atoms with Crippen LogP contribution >= 0.6 is 0 Å². The molecule has 1 heterocycles. The number of rotatable bonds is 2. The molecule has 5 heteroatoms. The van der Waals surface area contributed by atoms with Gasteiger partial charge in [-0.3, -0.25) is 0 Å². The lowest BCUT2D eigenvalue weighted by Gasteiger charge is -2.40. The normalized spacial score (nSPS) is 36.6. The molecule has 0 radical (unpaired) electrons. The van der Waals surface area contributed by atoms with E-state index in [1.54, 1.807) is 0 Å². The van der Waals surface area contributed by atoms with Gasteiger partial charge in [-0.2, -0.15) is 0 Å². The molecule has 1 saturated carbocycles. The lowest BCUT2D eigenvalue weighted by atomic mass is 9.74. The molecule has 2 aliphatic rings. The number of halogens is 1. The van der Waals surface area contributed by atoms with Crippen LogP contribution in [0.4, 0.5) is 4.39 Å². The number of nitrogens with one attached hydrogen (secondary N) is 2. The zero-order chi connectivity index (χ0) is 14.3. The van der Waals surface area contributed by atoms with Crippen LogP contribution in [0.1, 0.15) is 47.0 Å². The van der Waals surface area contributed by atoms with Crippen LogP contribution in [0, 0.1) is 11.3 Å². The molecule has 1 aliphatic heterocycles. The van der Waals surface area contributed by atoms with E-state index in [4.69, 9.17) is 0 Å². The number of piperidine rings is 1. The van der Waals surface area contributed by atoms with Gasteiger partial charge in [0.15, 0.2) is 0 Å². The van der Waals surface area contributed by atoms with Crippen LogP contribution in [-0.2, 0) is 11.0 Å². The first-order valence-corrected chi connectivity index (χ1v) is 8.44. The van der Waals surface area contributed by atoms with E-state index in [1.807, 2.05) is 27.7 Å². The molecule has 0 amide bonds. The quantitative estimate of drug-likeness (QED) is 0.818. The Hall–Kier alpha value is -0.0000000000000000555. The van der Waals surface area contributed by atoms with Crippen LogP contribution in [-0.4, -0.2) is 34.3 Å². The fraction of sp³-hybridized carbons (Fsp3) is 1.00. The smallest absolute Gasteiger partial charge is 0.119 e. The summed E-state index contributed by atoms with van der Waals surface area (Å²) in [5.74, 6) is 0.0626. The van der Waals surface area contributed by atoms with Crippen LogP contribution < -0.4 is 10.0 Å². The second-order valence-electron chi connectivity index (χ2n) is 7.21. The van der Waals surface area contributed by atoms with Gasteiger partial charge in [0.05, 0.1) is 21.8 Å². The van der Waals surface area contributed by atoms with E-state index in [1.165, 1.54) is 0 Å². The number of hydrogen-bond donors (Lipinski definition) is 2. The van der Waals surface area contributed by atoms with Crippen molar-refractivity contribution in [1.29, 1.82) is 0 Å². The largest absolute Gasteiger partial charge is 0.317 e. The van der Waals surface area contributed by atoms with E-state index in [-0.39, 0.29) is 22.1 Å². The summed E-state index contributed by atoms with van der Waals surface area (Å²) in [4.78, 5) is 0. The molecule has 2 fully saturated rings. The van der Waals surface area contributed by atoms with Gasteiger partial charge in [-0.05, 0) is 64.5 Å². The van der Waals surface area contributed by atoms with Crippen LogP contribution in [0.3, 0.4) is 0 Å². The standard InChI is InChI=1S/C14H27FN2OS/c1-10-9-14(5-7-16-8-6-14)12(11(10)15)17-19(18)13(2,3)4/h10-12,16-17H,5-9H2,1-4H3/t10-,11+,12+,19-/m1/s1. The van der Waals surface area contributed by atoms with Gasteiger partial charge >= 0.3 is 0 Å². The van der Waals surface area contributed by atoms with Crippen molar-refractivity contribution in [3.8, 4) is 0 Å². The third kappa shape index (κ3) is 3.03. The Labute approximate surface area is 118 Å². The Balaban J connectivity index is 2.17. The molecular weight excluding hydrogens is 263 g/mol. The summed E-state index contributed by atoms with van der Waals surface area (Å²) in [6.07, 6.45) is 1.99. The summed E-state index contributed by atoms with van der Waals surface area (Å²) in [7, 11) is -1.20. The molecule has 19 heavy (non-hydrogen) atoms. The van der Waals surface area contributed by atoms with Crippen molar-refractivity contribution in [2.45, 2.75) is 63.9 Å². The maximum Gasteiger partial charge on any atom is 0.119 e. The second-order valence-corrected chi connectivity index (χ2v) is 9.21. The first-order valence-electron chi connectivity index (χ1n) is 7.29. The summed E-state index contributed by atoms with van der Waals surface area (Å²) in [6, 6.07) is -0.260. The minimum atomic E-state index is -1.20. The predicted molar refractivity (Wildman–Crippen MR) is 78.0 cm³/mol. The maximum atomic E-state index is 14.5. The Morgan fingerprint density at radius 3 is 2.42 bits per heavy atom. The van der Waals surface area contributed by atoms with Crippen molar-refractivity contribution >= 4 is 11.0 Å². The van der Waals surface area contributed by atoms with Gasteiger partial charge in [-0.1, -0.05) is 6.92 Å². The molecule has 1 aliphatic carbocycles. The molecule has 2 rings (SSSR count). The molecule has 112 valence electrons. The lowest BCUT2D eigenvalue weighted by molar-refractivity contribution is 0.146. The highest BCUT2D eigenvalue weighted by atomic mass is 32.2. The van der Waals surface area contributed by atoms with Crippen LogP contribution in [0.5, 0.6) is 0 Å². The molecule has 0 bridgehead atoms. The van der Waals surface area contributed by atoms with Crippen LogP contribution in [0.25, 0.3) is 0 Å². The van der Waals surface area contributed by atoms with E-state index in [0.717, 1.165) is 32.4 Å². The Bertz CT molecular complexity index is 350. The Morgan fingerprint density at radius 2 is 1.89 bits per heavy atom. The van der Waals surface area contributed by atoms with Crippen molar-refractivity contribution in [3.63, 3.8) is 0 Å². The van der Waals surface area contributed by atoms with Crippen LogP contribution in [0.15, 0.2) is 0 Å². The zero-order valence-corrected chi connectivity index (χ0v) is 13.3. The zero-order valence-electron chi connectivity index (χ0n) is 12.5. The van der Waals surface area contributed by atoms with Gasteiger partial charge in [-0.25, -0.2) is 13.3 Å². The van der Waals surface area contributed by atoms with Gasteiger partial charge in [-0.15, -0.1) is 0 Å². The Morgan fingerprint density at radius 1 is 1.32 bits per heavy atom. The predicted octanol–water partition coefficient (Wildman–Crippen LogP) is 2.15. The third-order valence-electron chi connectivity index (χ3n) is 4.64. The second kappa shape index (κ2) is 5.41. The highest BCUT2D eigenvalue weighted by Gasteiger charge is 2.53. The summed E-state index contributed by atoms with van der Waals surface area (Å²) in [5, 5.41) is 3.34. The summed E-state index contributed by atoms with van der Waals surface area (Å²) in [5.41, 5.74) is -0.00894. The molecule has 2 N–H and O–H groups in total. The number of hydrogen-bond acceptors (Lipinski definition) is 2.